The molecule has 0 aliphatic carbocycles. The van der Waals surface area contributed by atoms with Crippen molar-refractivity contribution in [2.45, 2.75) is 24.8 Å². The lowest BCUT2D eigenvalue weighted by Gasteiger charge is -2.26. The number of carbonyl (C=O) groups excluding carboxylic acids is 2. The first-order chi connectivity index (χ1) is 12.1. The smallest absolute Gasteiger partial charge is 0.326 e. The molecule has 1 atom stereocenters. The van der Waals surface area contributed by atoms with Crippen molar-refractivity contribution in [3.8, 4) is 0 Å². The fraction of sp³-hybridized carbons (Fsp3) is 0.438. The summed E-state index contributed by atoms with van der Waals surface area (Å²) in [4.78, 5) is 34.9. The monoisotopic (exact) mass is 383 g/mol. The lowest BCUT2D eigenvalue weighted by atomic mass is 10.0. The fourth-order valence-corrected chi connectivity index (χ4v) is 3.95. The zero-order chi connectivity index (χ0) is 19.5. The summed E-state index contributed by atoms with van der Waals surface area (Å²) in [6.45, 7) is 3.38. The Morgan fingerprint density at radius 1 is 1.31 bits per heavy atom. The third-order valence-corrected chi connectivity index (χ3v) is 5.80. The molecule has 1 saturated heterocycles. The molecule has 1 aliphatic heterocycles. The summed E-state index contributed by atoms with van der Waals surface area (Å²) in [7, 11) is -3.94. The molecule has 0 radical (unpaired) electrons. The normalized spacial score (nSPS) is 16.8. The van der Waals surface area contributed by atoms with Crippen LogP contribution in [0.25, 0.3) is 0 Å². The molecule has 10 heteroatoms. The molecule has 1 aliphatic rings. The van der Waals surface area contributed by atoms with E-state index in [-0.39, 0.29) is 36.0 Å². The van der Waals surface area contributed by atoms with Gasteiger partial charge in [0, 0.05) is 18.7 Å². The van der Waals surface area contributed by atoms with E-state index in [0.29, 0.717) is 0 Å². The number of carboxylic acid groups (broad SMARTS) is 1. The number of nitrogens with one attached hydrogen (secondary N) is 2. The standard InChI is InChI=1S/C16H21N3O6S/c1-10(2)14(16(22)23)18-15(21)11-4-3-5-12(8-11)26(24,25)19-7-6-17-13(20)9-19/h3-5,8,10,14H,6-7,9H2,1-2H3,(H,17,20)(H,18,21)(H,22,23)/t14-/m1/s1. The predicted octanol–water partition coefficient (Wildman–Crippen LogP) is -0.354. The molecule has 0 unspecified atom stereocenters. The molecule has 1 fully saturated rings. The summed E-state index contributed by atoms with van der Waals surface area (Å²) < 4.78 is 26.4. The highest BCUT2D eigenvalue weighted by Crippen LogP contribution is 2.18. The van der Waals surface area contributed by atoms with Crippen molar-refractivity contribution in [3.63, 3.8) is 0 Å². The van der Waals surface area contributed by atoms with Crippen LogP contribution in [0.15, 0.2) is 29.2 Å². The summed E-state index contributed by atoms with van der Waals surface area (Å²) >= 11 is 0. The van der Waals surface area contributed by atoms with Gasteiger partial charge in [0.2, 0.25) is 15.9 Å². The van der Waals surface area contributed by atoms with Crippen LogP contribution in [0.3, 0.4) is 0 Å². The van der Waals surface area contributed by atoms with Crippen LogP contribution in [0.5, 0.6) is 0 Å². The molecule has 1 aromatic rings. The third-order valence-electron chi connectivity index (χ3n) is 3.96. The lowest BCUT2D eigenvalue weighted by molar-refractivity contribution is -0.140. The maximum atomic E-state index is 12.7. The number of aliphatic carboxylic acids is 1. The minimum atomic E-state index is -3.94. The maximum absolute atomic E-state index is 12.7. The summed E-state index contributed by atoms with van der Waals surface area (Å²) in [6.07, 6.45) is 0. The van der Waals surface area contributed by atoms with E-state index in [1.54, 1.807) is 13.8 Å². The van der Waals surface area contributed by atoms with Crippen molar-refractivity contribution in [2.24, 2.45) is 5.92 Å². The number of benzene rings is 1. The molecule has 0 saturated carbocycles. The van der Waals surface area contributed by atoms with Crippen LogP contribution in [0.2, 0.25) is 0 Å². The Morgan fingerprint density at radius 2 is 2.00 bits per heavy atom. The topological polar surface area (TPSA) is 133 Å². The number of amides is 2. The van der Waals surface area contributed by atoms with Gasteiger partial charge in [-0.05, 0) is 24.1 Å². The maximum Gasteiger partial charge on any atom is 0.326 e. The molecular weight excluding hydrogens is 362 g/mol. The van der Waals surface area contributed by atoms with E-state index in [1.165, 1.54) is 24.3 Å². The quantitative estimate of drug-likeness (QED) is 0.615. The fourth-order valence-electron chi connectivity index (χ4n) is 2.51. The number of carbonyl (C=O) groups is 3. The van der Waals surface area contributed by atoms with E-state index in [0.717, 1.165) is 4.31 Å². The highest BCUT2D eigenvalue weighted by molar-refractivity contribution is 7.89. The van der Waals surface area contributed by atoms with Crippen molar-refractivity contribution in [1.82, 2.24) is 14.9 Å². The minimum absolute atomic E-state index is 0.0273. The first kappa shape index (κ1) is 19.9. The number of rotatable bonds is 6. The van der Waals surface area contributed by atoms with Gasteiger partial charge < -0.3 is 15.7 Å². The zero-order valence-corrected chi connectivity index (χ0v) is 15.2. The first-order valence-electron chi connectivity index (χ1n) is 8.03. The van der Waals surface area contributed by atoms with Crippen LogP contribution >= 0.6 is 0 Å². The van der Waals surface area contributed by atoms with Crippen LogP contribution in [0.4, 0.5) is 0 Å². The second kappa shape index (κ2) is 7.83. The Labute approximate surface area is 151 Å². The second-order valence-corrected chi connectivity index (χ2v) is 8.19. The van der Waals surface area contributed by atoms with Crippen molar-refractivity contribution < 1.29 is 27.9 Å². The van der Waals surface area contributed by atoms with Gasteiger partial charge in [0.25, 0.3) is 5.91 Å². The van der Waals surface area contributed by atoms with Crippen molar-refractivity contribution >= 4 is 27.8 Å². The molecular formula is C16H21N3O6S. The molecule has 26 heavy (non-hydrogen) atoms. The number of nitrogens with zero attached hydrogens (tertiary/aromatic N) is 1. The van der Waals surface area contributed by atoms with E-state index in [2.05, 4.69) is 10.6 Å². The van der Waals surface area contributed by atoms with Crippen LogP contribution in [0.1, 0.15) is 24.2 Å². The Bertz CT molecular complexity index is 821. The molecule has 0 bridgehead atoms. The Kier molecular flexibility index (Phi) is 5.98. The van der Waals surface area contributed by atoms with E-state index in [4.69, 9.17) is 5.11 Å². The summed E-state index contributed by atoms with van der Waals surface area (Å²) in [6, 6.07) is 4.22. The number of carboxylic acids is 1. The molecule has 3 N–H and O–H groups in total. The Hall–Kier alpha value is -2.46. The summed E-state index contributed by atoms with van der Waals surface area (Å²) in [5.41, 5.74) is 0.0273. The van der Waals surface area contributed by atoms with Gasteiger partial charge in [0.1, 0.15) is 6.04 Å². The molecule has 2 rings (SSSR count). The molecule has 0 aromatic heterocycles. The van der Waals surface area contributed by atoms with Crippen molar-refractivity contribution in [3.05, 3.63) is 29.8 Å². The second-order valence-electron chi connectivity index (χ2n) is 6.25. The molecule has 142 valence electrons. The minimum Gasteiger partial charge on any atom is -0.480 e. The van der Waals surface area contributed by atoms with Crippen LogP contribution in [0, 0.1) is 5.92 Å². The number of sulfonamides is 1. The average Bonchev–Trinajstić information content (AvgIpc) is 2.59. The molecule has 1 heterocycles. The van der Waals surface area contributed by atoms with Gasteiger partial charge in [-0.3, -0.25) is 9.59 Å². The van der Waals surface area contributed by atoms with Gasteiger partial charge in [-0.25, -0.2) is 13.2 Å². The van der Waals surface area contributed by atoms with Gasteiger partial charge in [0.15, 0.2) is 0 Å². The zero-order valence-electron chi connectivity index (χ0n) is 14.4. The summed E-state index contributed by atoms with van der Waals surface area (Å²) in [5.74, 6) is -2.58. The number of piperazine rings is 1. The van der Waals surface area contributed by atoms with Crippen LogP contribution < -0.4 is 10.6 Å². The average molecular weight is 383 g/mol. The van der Waals surface area contributed by atoms with Crippen molar-refractivity contribution in [2.75, 3.05) is 19.6 Å². The van der Waals surface area contributed by atoms with E-state index in [1.807, 2.05) is 0 Å². The van der Waals surface area contributed by atoms with Gasteiger partial charge in [-0.1, -0.05) is 19.9 Å². The molecule has 1 aromatic carbocycles. The molecule has 9 nitrogen and oxygen atoms in total. The van der Waals surface area contributed by atoms with Gasteiger partial charge in [0.05, 0.1) is 11.4 Å². The highest BCUT2D eigenvalue weighted by Gasteiger charge is 2.30. The number of hydrogen-bond donors (Lipinski definition) is 3. The van der Waals surface area contributed by atoms with E-state index in [9.17, 15) is 22.8 Å². The van der Waals surface area contributed by atoms with Crippen LogP contribution in [-0.2, 0) is 19.6 Å². The number of hydrogen-bond acceptors (Lipinski definition) is 5. The Balaban J connectivity index is 2.25. The summed E-state index contributed by atoms with van der Waals surface area (Å²) in [5, 5.41) is 14.1. The van der Waals surface area contributed by atoms with Gasteiger partial charge in [-0.15, -0.1) is 0 Å². The highest BCUT2D eigenvalue weighted by atomic mass is 32.2. The lowest BCUT2D eigenvalue weighted by Crippen LogP contribution is -2.49. The van der Waals surface area contributed by atoms with Gasteiger partial charge in [-0.2, -0.15) is 4.31 Å². The molecule has 0 spiro atoms. The van der Waals surface area contributed by atoms with Crippen molar-refractivity contribution in [1.29, 1.82) is 0 Å². The third kappa shape index (κ3) is 4.38. The molecule has 2 amide bonds. The van der Waals surface area contributed by atoms with E-state index >= 15 is 0 Å². The van der Waals surface area contributed by atoms with E-state index < -0.39 is 33.8 Å². The predicted molar refractivity (Wildman–Crippen MR) is 91.9 cm³/mol. The Morgan fingerprint density at radius 3 is 2.58 bits per heavy atom. The van der Waals surface area contributed by atoms with Gasteiger partial charge >= 0.3 is 5.97 Å². The first-order valence-corrected chi connectivity index (χ1v) is 9.47. The largest absolute Gasteiger partial charge is 0.480 e. The SMILES string of the molecule is CC(C)[C@@H](NC(=O)c1cccc(S(=O)(=O)N2CCNC(=O)C2)c1)C(=O)O. The van der Waals surface area contributed by atoms with Crippen LogP contribution in [-0.4, -0.2) is 61.3 Å².